The number of nitrogens with one attached hydrogen (secondary N) is 1. The van der Waals surface area contributed by atoms with Gasteiger partial charge in [-0.15, -0.1) is 0 Å². The van der Waals surface area contributed by atoms with Gasteiger partial charge in [-0.1, -0.05) is 0 Å². The van der Waals surface area contributed by atoms with Gasteiger partial charge in [-0.25, -0.2) is 13.5 Å². The Labute approximate surface area is 114 Å². The van der Waals surface area contributed by atoms with Gasteiger partial charge in [0.15, 0.2) is 18.3 Å². The van der Waals surface area contributed by atoms with Crippen molar-refractivity contribution >= 4 is 5.91 Å². The minimum absolute atomic E-state index is 0.0814. The highest BCUT2D eigenvalue weighted by atomic mass is 19.1. The lowest BCUT2D eigenvalue weighted by atomic mass is 10.3. The molecular formula is C13H13F2N3O2. The summed E-state index contributed by atoms with van der Waals surface area (Å²) in [7, 11) is 0. The molecule has 0 bridgehead atoms. The van der Waals surface area contributed by atoms with E-state index in [1.54, 1.807) is 6.92 Å². The second kappa shape index (κ2) is 6.14. The molecule has 0 atom stereocenters. The molecule has 1 amide bonds. The number of rotatable bonds is 5. The Hall–Kier alpha value is -2.44. The number of ether oxygens (including phenoxy) is 1. The van der Waals surface area contributed by atoms with Crippen molar-refractivity contribution in [1.29, 1.82) is 0 Å². The molecule has 0 radical (unpaired) electrons. The van der Waals surface area contributed by atoms with Crippen LogP contribution < -0.4 is 10.1 Å². The number of carbonyl (C=O) groups is 1. The largest absolute Gasteiger partial charge is 0.468 e. The lowest BCUT2D eigenvalue weighted by molar-refractivity contribution is 0.0948. The number of aromatic nitrogens is 2. The monoisotopic (exact) mass is 281 g/mol. The van der Waals surface area contributed by atoms with E-state index in [2.05, 4.69) is 10.4 Å². The van der Waals surface area contributed by atoms with Crippen LogP contribution in [0.4, 0.5) is 8.78 Å². The highest BCUT2D eigenvalue weighted by molar-refractivity contribution is 5.92. The first-order valence-electron chi connectivity index (χ1n) is 5.99. The van der Waals surface area contributed by atoms with Crippen LogP contribution in [0.15, 0.2) is 30.5 Å². The maximum absolute atomic E-state index is 13.3. The standard InChI is InChI=1S/C13H13F2N3O2/c1-2-16-13(19)11-5-6-18(17-11)8-20-12-4-3-9(14)7-10(12)15/h3-7H,2,8H2,1H3,(H,16,19). The van der Waals surface area contributed by atoms with E-state index in [1.807, 2.05) is 0 Å². The third-order valence-electron chi connectivity index (χ3n) is 2.46. The van der Waals surface area contributed by atoms with Crippen LogP contribution in [0.25, 0.3) is 0 Å². The molecule has 2 rings (SSSR count). The Morgan fingerprint density at radius 1 is 1.40 bits per heavy atom. The molecule has 20 heavy (non-hydrogen) atoms. The van der Waals surface area contributed by atoms with E-state index in [0.717, 1.165) is 12.1 Å². The van der Waals surface area contributed by atoms with Crippen LogP contribution in [0.2, 0.25) is 0 Å². The minimum Gasteiger partial charge on any atom is -0.468 e. The quantitative estimate of drug-likeness (QED) is 0.911. The summed E-state index contributed by atoms with van der Waals surface area (Å²) in [5.74, 6) is -1.84. The third kappa shape index (κ3) is 3.31. The van der Waals surface area contributed by atoms with E-state index in [4.69, 9.17) is 4.74 Å². The van der Waals surface area contributed by atoms with Crippen molar-refractivity contribution in [3.63, 3.8) is 0 Å². The van der Waals surface area contributed by atoms with Crippen LogP contribution in [0, 0.1) is 11.6 Å². The lowest BCUT2D eigenvalue weighted by Crippen LogP contribution is -2.23. The molecule has 106 valence electrons. The van der Waals surface area contributed by atoms with Crippen LogP contribution in [0.1, 0.15) is 17.4 Å². The normalized spacial score (nSPS) is 10.3. The highest BCUT2D eigenvalue weighted by Crippen LogP contribution is 2.17. The van der Waals surface area contributed by atoms with Gasteiger partial charge in [0.25, 0.3) is 5.91 Å². The molecule has 1 N–H and O–H groups in total. The summed E-state index contributed by atoms with van der Waals surface area (Å²) >= 11 is 0. The molecule has 0 saturated carbocycles. The van der Waals surface area contributed by atoms with Crippen LogP contribution in [-0.2, 0) is 6.73 Å². The summed E-state index contributed by atoms with van der Waals surface area (Å²) < 4.78 is 32.5. The Balaban J connectivity index is 1.99. The predicted octanol–water partition coefficient (Wildman–Crippen LogP) is 1.95. The Morgan fingerprint density at radius 3 is 2.90 bits per heavy atom. The Kier molecular flexibility index (Phi) is 4.29. The molecular weight excluding hydrogens is 268 g/mol. The molecule has 0 fully saturated rings. The maximum atomic E-state index is 13.3. The zero-order valence-electron chi connectivity index (χ0n) is 10.8. The molecule has 1 aromatic heterocycles. The van der Waals surface area contributed by atoms with Crippen LogP contribution in [-0.4, -0.2) is 22.2 Å². The first-order chi connectivity index (χ1) is 9.60. The van der Waals surface area contributed by atoms with E-state index in [-0.39, 0.29) is 24.1 Å². The number of nitrogens with zero attached hydrogens (tertiary/aromatic N) is 2. The molecule has 7 heteroatoms. The zero-order chi connectivity index (χ0) is 14.5. The smallest absolute Gasteiger partial charge is 0.271 e. The zero-order valence-corrected chi connectivity index (χ0v) is 10.8. The van der Waals surface area contributed by atoms with Gasteiger partial charge < -0.3 is 10.1 Å². The highest BCUT2D eigenvalue weighted by Gasteiger charge is 2.09. The fourth-order valence-corrected chi connectivity index (χ4v) is 1.53. The summed E-state index contributed by atoms with van der Waals surface area (Å²) in [6.07, 6.45) is 1.53. The maximum Gasteiger partial charge on any atom is 0.271 e. The third-order valence-corrected chi connectivity index (χ3v) is 2.46. The van der Waals surface area contributed by atoms with Gasteiger partial charge in [-0.3, -0.25) is 4.79 Å². The topological polar surface area (TPSA) is 56.2 Å². The van der Waals surface area contributed by atoms with Gasteiger partial charge in [0.2, 0.25) is 0 Å². The van der Waals surface area contributed by atoms with Crippen molar-refractivity contribution in [3.8, 4) is 5.75 Å². The van der Waals surface area contributed by atoms with Crippen LogP contribution in [0.5, 0.6) is 5.75 Å². The van der Waals surface area contributed by atoms with Crippen LogP contribution in [0.3, 0.4) is 0 Å². The first kappa shape index (κ1) is 14.0. The number of amides is 1. The van der Waals surface area contributed by atoms with Gasteiger partial charge >= 0.3 is 0 Å². The molecule has 2 aromatic rings. The summed E-state index contributed by atoms with van der Waals surface area (Å²) in [6, 6.07) is 4.55. The second-order valence-corrected chi connectivity index (χ2v) is 3.95. The van der Waals surface area contributed by atoms with Gasteiger partial charge in [-0.2, -0.15) is 5.10 Å². The second-order valence-electron chi connectivity index (χ2n) is 3.95. The Bertz CT molecular complexity index is 613. The molecule has 0 unspecified atom stereocenters. The molecule has 0 aliphatic rings. The van der Waals surface area contributed by atoms with E-state index in [0.29, 0.717) is 6.54 Å². The van der Waals surface area contributed by atoms with Gasteiger partial charge in [0.05, 0.1) is 0 Å². The number of hydrogen-bond donors (Lipinski definition) is 1. The van der Waals surface area contributed by atoms with E-state index in [9.17, 15) is 13.6 Å². The van der Waals surface area contributed by atoms with Gasteiger partial charge in [0.1, 0.15) is 11.5 Å². The van der Waals surface area contributed by atoms with E-state index < -0.39 is 11.6 Å². The number of hydrogen-bond acceptors (Lipinski definition) is 3. The first-order valence-corrected chi connectivity index (χ1v) is 5.99. The predicted molar refractivity (Wildman–Crippen MR) is 67.2 cm³/mol. The lowest BCUT2D eigenvalue weighted by Gasteiger charge is -2.07. The number of halogens is 2. The van der Waals surface area contributed by atoms with Crippen molar-refractivity contribution in [2.75, 3.05) is 6.54 Å². The van der Waals surface area contributed by atoms with Gasteiger partial charge in [0, 0.05) is 18.8 Å². The summed E-state index contributed by atoms with van der Waals surface area (Å²) in [5, 5.41) is 6.58. The molecule has 1 heterocycles. The fourth-order valence-electron chi connectivity index (χ4n) is 1.53. The molecule has 0 saturated heterocycles. The summed E-state index contributed by atoms with van der Waals surface area (Å²) in [4.78, 5) is 11.5. The number of benzene rings is 1. The van der Waals surface area contributed by atoms with E-state index in [1.165, 1.54) is 23.0 Å². The minimum atomic E-state index is -0.791. The van der Waals surface area contributed by atoms with Crippen molar-refractivity contribution in [3.05, 3.63) is 47.8 Å². The van der Waals surface area contributed by atoms with Gasteiger partial charge in [-0.05, 0) is 25.1 Å². The SMILES string of the molecule is CCNC(=O)c1ccn(COc2ccc(F)cc2F)n1. The number of carbonyl (C=O) groups excluding carboxylic acids is 1. The van der Waals surface area contributed by atoms with E-state index >= 15 is 0 Å². The summed E-state index contributed by atoms with van der Waals surface area (Å²) in [6.45, 7) is 2.22. The van der Waals surface area contributed by atoms with Crippen molar-refractivity contribution in [2.24, 2.45) is 0 Å². The van der Waals surface area contributed by atoms with Crippen LogP contribution >= 0.6 is 0 Å². The average molecular weight is 281 g/mol. The molecule has 0 spiro atoms. The Morgan fingerprint density at radius 2 is 2.20 bits per heavy atom. The average Bonchev–Trinajstić information content (AvgIpc) is 2.87. The molecule has 0 aliphatic carbocycles. The van der Waals surface area contributed by atoms with Crippen molar-refractivity contribution in [2.45, 2.75) is 13.7 Å². The van der Waals surface area contributed by atoms with Crippen molar-refractivity contribution in [1.82, 2.24) is 15.1 Å². The van der Waals surface area contributed by atoms with Crippen molar-refractivity contribution < 1.29 is 18.3 Å². The molecule has 1 aromatic carbocycles. The summed E-state index contributed by atoms with van der Waals surface area (Å²) in [5.41, 5.74) is 0.245. The molecule has 5 nitrogen and oxygen atoms in total. The molecule has 0 aliphatic heterocycles. The fraction of sp³-hybridized carbons (Fsp3) is 0.231.